The number of benzene rings is 1. The number of aliphatic hydroxyl groups excluding tert-OH is 1. The van der Waals surface area contributed by atoms with Crippen LogP contribution in [0.5, 0.6) is 0 Å². The summed E-state index contributed by atoms with van der Waals surface area (Å²) in [5.74, 6) is 0.280. The average molecular weight is 330 g/mol. The van der Waals surface area contributed by atoms with Crippen LogP contribution in [-0.4, -0.2) is 66.9 Å². The second-order valence-corrected chi connectivity index (χ2v) is 7.56. The summed E-state index contributed by atoms with van der Waals surface area (Å²) in [7, 11) is 2.09. The van der Waals surface area contributed by atoms with Gasteiger partial charge in [0.2, 0.25) is 0 Å². The SMILES string of the molecule is Cc1cc(C)c(C(=O)N2C[C@H]3CN(C)CC[C@@]3(CO)C2)cc1C=O. The van der Waals surface area contributed by atoms with Crippen LogP contribution in [0.15, 0.2) is 12.1 Å². The van der Waals surface area contributed by atoms with Crippen molar-refractivity contribution in [3.05, 3.63) is 34.4 Å². The predicted octanol–water partition coefficient (Wildman–Crippen LogP) is 1.50. The predicted molar refractivity (Wildman–Crippen MR) is 92.3 cm³/mol. The molecule has 5 nitrogen and oxygen atoms in total. The topological polar surface area (TPSA) is 60.9 Å². The summed E-state index contributed by atoms with van der Waals surface area (Å²) in [5.41, 5.74) is 2.78. The molecule has 1 amide bonds. The number of carbonyl (C=O) groups is 2. The second-order valence-electron chi connectivity index (χ2n) is 7.56. The number of amides is 1. The van der Waals surface area contributed by atoms with Crippen LogP contribution in [0.4, 0.5) is 0 Å². The number of hydrogen-bond donors (Lipinski definition) is 1. The summed E-state index contributed by atoms with van der Waals surface area (Å²) < 4.78 is 0. The number of rotatable bonds is 3. The van der Waals surface area contributed by atoms with Crippen molar-refractivity contribution in [2.75, 3.05) is 39.8 Å². The molecule has 24 heavy (non-hydrogen) atoms. The lowest BCUT2D eigenvalue weighted by atomic mass is 9.73. The van der Waals surface area contributed by atoms with Gasteiger partial charge in [-0.3, -0.25) is 9.59 Å². The fourth-order valence-corrected chi connectivity index (χ4v) is 4.26. The number of aliphatic hydroxyl groups is 1. The minimum absolute atomic E-state index is 0.0273. The minimum atomic E-state index is -0.172. The first-order valence-electron chi connectivity index (χ1n) is 8.55. The van der Waals surface area contributed by atoms with Crippen molar-refractivity contribution in [3.63, 3.8) is 0 Å². The molecule has 2 heterocycles. The molecule has 0 saturated carbocycles. The normalized spacial score (nSPS) is 27.2. The molecule has 2 atom stereocenters. The van der Waals surface area contributed by atoms with Crippen molar-refractivity contribution in [1.82, 2.24) is 9.80 Å². The van der Waals surface area contributed by atoms with Gasteiger partial charge in [-0.2, -0.15) is 0 Å². The minimum Gasteiger partial charge on any atom is -0.396 e. The van der Waals surface area contributed by atoms with E-state index in [-0.39, 0.29) is 17.9 Å². The number of aldehydes is 1. The zero-order valence-electron chi connectivity index (χ0n) is 14.7. The highest BCUT2D eigenvalue weighted by atomic mass is 16.3. The van der Waals surface area contributed by atoms with E-state index in [9.17, 15) is 14.7 Å². The average Bonchev–Trinajstić information content (AvgIpc) is 2.94. The molecule has 2 saturated heterocycles. The van der Waals surface area contributed by atoms with Crippen LogP contribution in [0, 0.1) is 25.2 Å². The molecule has 2 aliphatic heterocycles. The van der Waals surface area contributed by atoms with E-state index in [1.54, 1.807) is 6.07 Å². The maximum Gasteiger partial charge on any atom is 0.254 e. The van der Waals surface area contributed by atoms with Crippen LogP contribution in [0.3, 0.4) is 0 Å². The molecule has 0 unspecified atom stereocenters. The van der Waals surface area contributed by atoms with Crippen molar-refractivity contribution >= 4 is 12.2 Å². The van der Waals surface area contributed by atoms with Gasteiger partial charge in [0, 0.05) is 36.2 Å². The fraction of sp³-hybridized carbons (Fsp3) is 0.579. The van der Waals surface area contributed by atoms with Gasteiger partial charge in [-0.25, -0.2) is 0 Å². The van der Waals surface area contributed by atoms with Crippen LogP contribution in [0.1, 0.15) is 38.3 Å². The Labute approximate surface area is 143 Å². The third kappa shape index (κ3) is 2.76. The number of hydrogen-bond acceptors (Lipinski definition) is 4. The first-order chi connectivity index (χ1) is 11.4. The summed E-state index contributed by atoms with van der Waals surface area (Å²) in [5, 5.41) is 9.98. The van der Waals surface area contributed by atoms with Crippen molar-refractivity contribution in [2.45, 2.75) is 20.3 Å². The zero-order chi connectivity index (χ0) is 17.5. The number of nitrogens with zero attached hydrogens (tertiary/aromatic N) is 2. The summed E-state index contributed by atoms with van der Waals surface area (Å²) in [6.07, 6.45) is 1.72. The smallest absolute Gasteiger partial charge is 0.254 e. The van der Waals surface area contributed by atoms with Crippen LogP contribution in [0.25, 0.3) is 0 Å². The molecule has 0 spiro atoms. The molecule has 1 N–H and O–H groups in total. The number of carbonyl (C=O) groups excluding carboxylic acids is 2. The molecule has 0 aliphatic carbocycles. The molecule has 2 aliphatic rings. The number of likely N-dealkylation sites (tertiary alicyclic amines) is 2. The quantitative estimate of drug-likeness (QED) is 0.853. The van der Waals surface area contributed by atoms with Crippen LogP contribution in [0.2, 0.25) is 0 Å². The molecule has 0 radical (unpaired) electrons. The summed E-state index contributed by atoms with van der Waals surface area (Å²) >= 11 is 0. The van der Waals surface area contributed by atoms with E-state index in [1.165, 1.54) is 0 Å². The maximum absolute atomic E-state index is 13.0. The van der Waals surface area contributed by atoms with Gasteiger partial charge in [0.15, 0.2) is 0 Å². The van der Waals surface area contributed by atoms with E-state index >= 15 is 0 Å². The molecule has 5 heteroatoms. The van der Waals surface area contributed by atoms with E-state index in [0.717, 1.165) is 36.9 Å². The zero-order valence-corrected chi connectivity index (χ0v) is 14.7. The van der Waals surface area contributed by atoms with E-state index in [0.29, 0.717) is 30.1 Å². The van der Waals surface area contributed by atoms with Gasteiger partial charge in [-0.1, -0.05) is 6.07 Å². The van der Waals surface area contributed by atoms with Gasteiger partial charge in [0.25, 0.3) is 5.91 Å². The lowest BCUT2D eigenvalue weighted by Crippen LogP contribution is -2.47. The Morgan fingerprint density at radius 2 is 2.08 bits per heavy atom. The second kappa shape index (κ2) is 6.30. The van der Waals surface area contributed by atoms with Crippen molar-refractivity contribution in [1.29, 1.82) is 0 Å². The Morgan fingerprint density at radius 3 is 2.75 bits per heavy atom. The molecular weight excluding hydrogens is 304 g/mol. The maximum atomic E-state index is 13.0. The lowest BCUT2D eigenvalue weighted by molar-refractivity contribution is 0.0277. The summed E-state index contributed by atoms with van der Waals surface area (Å²) in [6, 6.07) is 3.61. The molecule has 0 aromatic heterocycles. The van der Waals surface area contributed by atoms with E-state index in [1.807, 2.05) is 24.8 Å². The lowest BCUT2D eigenvalue weighted by Gasteiger charge is -2.40. The Hall–Kier alpha value is -1.72. The van der Waals surface area contributed by atoms with Crippen molar-refractivity contribution in [3.8, 4) is 0 Å². The number of piperidine rings is 1. The van der Waals surface area contributed by atoms with E-state index in [4.69, 9.17) is 0 Å². The monoisotopic (exact) mass is 330 g/mol. The van der Waals surface area contributed by atoms with Crippen molar-refractivity contribution in [2.24, 2.45) is 11.3 Å². The van der Waals surface area contributed by atoms with Gasteiger partial charge >= 0.3 is 0 Å². The van der Waals surface area contributed by atoms with Crippen LogP contribution >= 0.6 is 0 Å². The third-order valence-electron chi connectivity index (χ3n) is 5.91. The van der Waals surface area contributed by atoms with Gasteiger partial charge in [0.1, 0.15) is 6.29 Å². The summed E-state index contributed by atoms with van der Waals surface area (Å²) in [6.45, 7) is 7.06. The van der Waals surface area contributed by atoms with Gasteiger partial charge < -0.3 is 14.9 Å². The van der Waals surface area contributed by atoms with Crippen LogP contribution < -0.4 is 0 Å². The largest absolute Gasteiger partial charge is 0.396 e. The molecule has 1 aromatic carbocycles. The van der Waals surface area contributed by atoms with Crippen LogP contribution in [-0.2, 0) is 0 Å². The Kier molecular flexibility index (Phi) is 4.49. The Morgan fingerprint density at radius 1 is 1.33 bits per heavy atom. The third-order valence-corrected chi connectivity index (χ3v) is 5.91. The first-order valence-corrected chi connectivity index (χ1v) is 8.55. The molecule has 0 bridgehead atoms. The summed E-state index contributed by atoms with van der Waals surface area (Å²) in [4.78, 5) is 28.4. The van der Waals surface area contributed by atoms with E-state index in [2.05, 4.69) is 11.9 Å². The highest BCUT2D eigenvalue weighted by Crippen LogP contribution is 2.42. The number of fused-ring (bicyclic) bond motifs is 1. The Balaban J connectivity index is 1.88. The molecule has 130 valence electrons. The number of aryl methyl sites for hydroxylation is 2. The molecule has 1 aromatic rings. The highest BCUT2D eigenvalue weighted by Gasteiger charge is 2.49. The first kappa shape index (κ1) is 17.1. The highest BCUT2D eigenvalue weighted by molar-refractivity contribution is 5.97. The van der Waals surface area contributed by atoms with E-state index < -0.39 is 0 Å². The Bertz CT molecular complexity index is 673. The van der Waals surface area contributed by atoms with Gasteiger partial charge in [-0.15, -0.1) is 0 Å². The van der Waals surface area contributed by atoms with Gasteiger partial charge in [0.05, 0.1) is 6.61 Å². The van der Waals surface area contributed by atoms with Gasteiger partial charge in [-0.05, 0) is 57.0 Å². The standard InChI is InChI=1S/C19H26N2O3/c1-13-6-14(2)17(7-15(13)10-22)18(24)21-9-16-8-20(3)5-4-19(16,11-21)12-23/h6-7,10,16,23H,4-5,8-9,11-12H2,1-3H3/t16-,19+/m1/s1. The molecule has 2 fully saturated rings. The van der Waals surface area contributed by atoms with Crippen molar-refractivity contribution < 1.29 is 14.7 Å². The molecule has 3 rings (SSSR count). The fourth-order valence-electron chi connectivity index (χ4n) is 4.26. The molecular formula is C19H26N2O3.